The van der Waals surface area contributed by atoms with E-state index >= 15 is 0 Å². The lowest BCUT2D eigenvalue weighted by Gasteiger charge is -2.32. The van der Waals surface area contributed by atoms with Gasteiger partial charge < -0.3 is 30.1 Å². The molecule has 0 aromatic heterocycles. The first kappa shape index (κ1) is 33.6. The average Bonchev–Trinajstić information content (AvgIpc) is 3.31. The van der Waals surface area contributed by atoms with Gasteiger partial charge in [0.1, 0.15) is 23.2 Å². The van der Waals surface area contributed by atoms with Crippen molar-refractivity contribution >= 4 is 23.9 Å². The lowest BCUT2D eigenvalue weighted by molar-refractivity contribution is -0.145. The molecule has 0 radical (unpaired) electrons. The highest BCUT2D eigenvalue weighted by Crippen LogP contribution is 2.45. The molecule has 5 aliphatic rings. The van der Waals surface area contributed by atoms with Gasteiger partial charge in [-0.15, -0.1) is 0 Å². The monoisotopic (exact) mass is 633 g/mol. The number of carbonyl (C=O) groups excluding carboxylic acids is 3. The molecule has 8 atom stereocenters. The summed E-state index contributed by atoms with van der Waals surface area (Å²) >= 11 is 0. The fourth-order valence-electron chi connectivity index (χ4n) is 7.19. The molecule has 14 nitrogen and oxygen atoms in total. The number of hydrogen-bond donors (Lipinski definition) is 6. The maximum Gasteiger partial charge on any atom is 0.408 e. The minimum Gasteiger partial charge on any atom is -0.479 e. The van der Waals surface area contributed by atoms with Crippen LogP contribution in [0.3, 0.4) is 0 Å². The predicted molar refractivity (Wildman–Crippen MR) is 164 cm³/mol. The van der Waals surface area contributed by atoms with Gasteiger partial charge in [-0.1, -0.05) is 31.4 Å². The van der Waals surface area contributed by atoms with Gasteiger partial charge in [-0.25, -0.2) is 20.4 Å². The summed E-state index contributed by atoms with van der Waals surface area (Å²) < 4.78 is 11.1. The van der Waals surface area contributed by atoms with E-state index in [-0.39, 0.29) is 43.1 Å². The molecule has 4 fully saturated rings. The van der Waals surface area contributed by atoms with Crippen molar-refractivity contribution in [3.63, 3.8) is 0 Å². The quantitative estimate of drug-likeness (QED) is 0.243. The van der Waals surface area contributed by atoms with Crippen molar-refractivity contribution in [1.29, 1.82) is 0 Å². The van der Waals surface area contributed by atoms with Crippen molar-refractivity contribution in [3.05, 3.63) is 12.2 Å². The summed E-state index contributed by atoms with van der Waals surface area (Å²) in [4.78, 5) is 54.8. The minimum atomic E-state index is -1.38. The zero-order valence-electron chi connectivity index (χ0n) is 27.0. The molecule has 2 aliphatic carbocycles. The zero-order valence-corrected chi connectivity index (χ0v) is 27.0. The molecule has 3 heterocycles. The van der Waals surface area contributed by atoms with Crippen LogP contribution in [-0.2, 0) is 23.9 Å². The van der Waals surface area contributed by atoms with Crippen molar-refractivity contribution in [3.8, 4) is 0 Å². The number of hydrazine groups is 3. The Labute approximate surface area is 265 Å². The Hall–Kier alpha value is -2.78. The third kappa shape index (κ3) is 7.97. The number of methoxy groups -OCH3 is 1. The first-order valence-electron chi connectivity index (χ1n) is 16.5. The summed E-state index contributed by atoms with van der Waals surface area (Å²) in [6, 6.07) is -2.12. The summed E-state index contributed by atoms with van der Waals surface area (Å²) in [5, 5.41) is 17.5. The van der Waals surface area contributed by atoms with E-state index in [2.05, 4.69) is 27.0 Å². The van der Waals surface area contributed by atoms with Crippen LogP contribution in [0.2, 0.25) is 0 Å². The van der Waals surface area contributed by atoms with Crippen LogP contribution in [0.15, 0.2) is 12.2 Å². The lowest BCUT2D eigenvalue weighted by atomic mass is 9.85. The highest BCUT2D eigenvalue weighted by atomic mass is 16.6. The van der Waals surface area contributed by atoms with Crippen molar-refractivity contribution in [2.24, 2.45) is 11.8 Å². The summed E-state index contributed by atoms with van der Waals surface area (Å²) in [6.07, 6.45) is 11.6. The minimum absolute atomic E-state index is 0.0543. The lowest BCUT2D eigenvalue weighted by Crippen LogP contribution is -2.56. The van der Waals surface area contributed by atoms with Crippen molar-refractivity contribution in [1.82, 2.24) is 37.0 Å². The molecule has 0 aromatic rings. The van der Waals surface area contributed by atoms with Gasteiger partial charge in [0.2, 0.25) is 11.8 Å². The van der Waals surface area contributed by atoms with Gasteiger partial charge in [-0.05, 0) is 78.1 Å². The highest BCUT2D eigenvalue weighted by molar-refractivity contribution is 5.96. The molecule has 2 saturated heterocycles. The van der Waals surface area contributed by atoms with E-state index in [0.717, 1.165) is 44.9 Å². The summed E-state index contributed by atoms with van der Waals surface area (Å²) in [7, 11) is 1.74. The number of carbonyl (C=O) groups is 4. The van der Waals surface area contributed by atoms with Gasteiger partial charge in [-0.2, -0.15) is 10.7 Å². The number of nitrogens with one attached hydrogen (secondary N) is 5. The van der Waals surface area contributed by atoms with Gasteiger partial charge in [-0.3, -0.25) is 9.59 Å². The van der Waals surface area contributed by atoms with E-state index in [1.54, 1.807) is 27.9 Å². The normalized spacial score (nSPS) is 37.4. The van der Waals surface area contributed by atoms with Crippen LogP contribution in [0.25, 0.3) is 0 Å². The van der Waals surface area contributed by atoms with Crippen LogP contribution in [0, 0.1) is 11.8 Å². The van der Waals surface area contributed by atoms with E-state index < -0.39 is 41.2 Å². The third-order valence-electron chi connectivity index (χ3n) is 9.78. The molecule has 3 aliphatic heterocycles. The standard InChI is InChI=1S/C31H51N7O7/c1-30(2,3)45-29(43)32-23-14-9-7-5-6-8-12-20-17-31(20,28(41)42)33-26(39)24-16-21(18-37(24)27(23)40)38-35-25(34-36-38)19-11-10-13-22(15-19)44-4/h8,12,19-25,34-36H,5-7,9-11,13-18H2,1-4H3,(H,32,43)(H,33,39)(H,41,42)/b12-8-/t19?,20-,21-,22?,23+,24+,25?,31-/m1/s1. The summed E-state index contributed by atoms with van der Waals surface area (Å²) in [6.45, 7) is 5.47. The number of carboxylic acids is 1. The molecular weight excluding hydrogens is 582 g/mol. The van der Waals surface area contributed by atoms with Crippen LogP contribution >= 0.6 is 0 Å². The number of alkyl carbamates (subject to hydrolysis) is 1. The fourth-order valence-corrected chi connectivity index (χ4v) is 7.19. The topological polar surface area (TPSA) is 174 Å². The summed E-state index contributed by atoms with van der Waals surface area (Å²) in [5.74, 6) is -1.94. The molecule has 3 unspecified atom stereocenters. The molecule has 0 bridgehead atoms. The van der Waals surface area contributed by atoms with E-state index in [9.17, 15) is 24.3 Å². The fraction of sp³-hybridized carbons (Fsp3) is 0.806. The molecule has 6 N–H and O–H groups in total. The third-order valence-corrected chi connectivity index (χ3v) is 9.78. The predicted octanol–water partition coefficient (Wildman–Crippen LogP) is 1.69. The Morgan fingerprint density at radius 3 is 2.62 bits per heavy atom. The van der Waals surface area contributed by atoms with E-state index in [1.165, 1.54) is 4.90 Å². The largest absolute Gasteiger partial charge is 0.479 e. The number of fused-ring (bicyclic) bond motifs is 2. The van der Waals surface area contributed by atoms with Crippen molar-refractivity contribution in [2.75, 3.05) is 13.7 Å². The van der Waals surface area contributed by atoms with Gasteiger partial charge in [0.05, 0.1) is 18.3 Å². The van der Waals surface area contributed by atoms with Gasteiger partial charge >= 0.3 is 12.1 Å². The number of nitrogens with zero attached hydrogens (tertiary/aromatic N) is 2. The summed E-state index contributed by atoms with van der Waals surface area (Å²) in [5.41, 5.74) is 7.88. The van der Waals surface area contributed by atoms with E-state index in [1.807, 2.05) is 17.3 Å². The zero-order chi connectivity index (χ0) is 32.4. The number of allylic oxidation sites excluding steroid dienone is 1. The molecule has 45 heavy (non-hydrogen) atoms. The first-order chi connectivity index (χ1) is 21.4. The second kappa shape index (κ2) is 13.9. The number of carboxylic acid groups (broad SMARTS) is 1. The molecule has 3 amide bonds. The molecule has 2 saturated carbocycles. The van der Waals surface area contributed by atoms with E-state index in [4.69, 9.17) is 9.47 Å². The Morgan fingerprint density at radius 2 is 1.89 bits per heavy atom. The Morgan fingerprint density at radius 1 is 1.09 bits per heavy atom. The average molecular weight is 634 g/mol. The van der Waals surface area contributed by atoms with Crippen LogP contribution in [-0.4, -0.2) is 94.2 Å². The van der Waals surface area contributed by atoms with Crippen molar-refractivity contribution < 1.29 is 33.8 Å². The van der Waals surface area contributed by atoms with E-state index in [0.29, 0.717) is 25.2 Å². The van der Waals surface area contributed by atoms with Gasteiger partial charge in [0.15, 0.2) is 0 Å². The smallest absolute Gasteiger partial charge is 0.408 e. The number of rotatable bonds is 5. The van der Waals surface area contributed by atoms with Crippen molar-refractivity contribution in [2.45, 2.75) is 133 Å². The van der Waals surface area contributed by atoms with Crippen LogP contribution in [0.5, 0.6) is 0 Å². The van der Waals surface area contributed by atoms with Gasteiger partial charge in [0.25, 0.3) is 0 Å². The second-order valence-electron chi connectivity index (χ2n) is 14.3. The SMILES string of the molecule is COC1CCCC(C2NNN([C@@H]3C[C@H]4C(=O)N[C@]5(C(=O)O)C[C@H]5/C=C\CCCCC[C@H](NC(=O)OC(C)(C)C)C(=O)N4C3)N2)C1. The molecule has 5 rings (SSSR count). The maximum atomic E-state index is 14.2. The Bertz CT molecular complexity index is 1150. The highest BCUT2D eigenvalue weighted by Gasteiger charge is 2.61. The van der Waals surface area contributed by atoms with Crippen LogP contribution < -0.4 is 27.0 Å². The molecule has 0 aromatic carbocycles. The maximum absolute atomic E-state index is 14.2. The first-order valence-corrected chi connectivity index (χ1v) is 16.5. The Balaban J connectivity index is 1.36. The Kier molecular flexibility index (Phi) is 10.4. The number of ether oxygens (including phenoxy) is 2. The number of amides is 3. The number of hydrogen-bond acceptors (Lipinski definition) is 10. The molecular formula is C31H51N7O7. The molecule has 252 valence electrons. The van der Waals surface area contributed by atoms with Gasteiger partial charge in [0, 0.05) is 19.6 Å². The number of aliphatic carboxylic acids is 1. The molecule has 0 spiro atoms. The molecule has 14 heteroatoms. The second-order valence-corrected chi connectivity index (χ2v) is 14.3. The van der Waals surface area contributed by atoms with Crippen LogP contribution in [0.4, 0.5) is 4.79 Å². The van der Waals surface area contributed by atoms with Crippen LogP contribution in [0.1, 0.15) is 91.4 Å².